The molecule has 0 aromatic heterocycles. The predicted octanol–water partition coefficient (Wildman–Crippen LogP) is 1.65. The fourth-order valence-electron chi connectivity index (χ4n) is 2.00. The smallest absolute Gasteiger partial charge is 0.327 e. The normalized spacial score (nSPS) is 17.0. The molecule has 4 heteroatoms. The van der Waals surface area contributed by atoms with Crippen LogP contribution in [0, 0.1) is 0 Å². The van der Waals surface area contributed by atoms with Gasteiger partial charge in [-0.3, -0.25) is 10.1 Å². The molecule has 0 rings (SSSR count). The number of carbonyl (C=O) groups is 1. The molecule has 0 saturated heterocycles. The minimum atomic E-state index is -0.652. The number of carbonyl (C=O) groups excluding carboxylic acids is 1. The summed E-state index contributed by atoms with van der Waals surface area (Å²) >= 11 is 0. The minimum absolute atomic E-state index is 0.207. The molecule has 0 heterocycles. The molecule has 0 aliphatic heterocycles. The van der Waals surface area contributed by atoms with Crippen molar-refractivity contribution in [3.63, 3.8) is 0 Å². The molecule has 0 aromatic carbocycles. The van der Waals surface area contributed by atoms with Crippen LogP contribution in [0.5, 0.6) is 0 Å². The average Bonchev–Trinajstić information content (AvgIpc) is 2.25. The van der Waals surface area contributed by atoms with E-state index < -0.39 is 5.54 Å². The van der Waals surface area contributed by atoms with E-state index in [1.54, 1.807) is 0 Å². The van der Waals surface area contributed by atoms with Gasteiger partial charge in [-0.05, 0) is 41.2 Å². The molecule has 0 radical (unpaired) electrons. The first-order valence-corrected chi connectivity index (χ1v) is 6.33. The molecule has 0 aromatic rings. The van der Waals surface area contributed by atoms with E-state index in [0.717, 1.165) is 6.42 Å². The summed E-state index contributed by atoms with van der Waals surface area (Å²) in [6.45, 7) is 10.9. The molecule has 2 atom stereocenters. The van der Waals surface area contributed by atoms with Gasteiger partial charge in [0.1, 0.15) is 5.54 Å². The third kappa shape index (κ3) is 5.04. The summed E-state index contributed by atoms with van der Waals surface area (Å²) < 4.78 is 4.90. The van der Waals surface area contributed by atoms with E-state index >= 15 is 0 Å². The van der Waals surface area contributed by atoms with Crippen LogP contribution < -0.4 is 5.32 Å². The maximum absolute atomic E-state index is 11.9. The molecule has 0 aliphatic carbocycles. The molecular weight excluding hydrogens is 216 g/mol. The van der Waals surface area contributed by atoms with Gasteiger partial charge in [-0.2, -0.15) is 0 Å². The van der Waals surface area contributed by atoms with Crippen molar-refractivity contribution >= 4 is 5.97 Å². The number of likely N-dealkylation sites (N-methyl/N-ethyl adjacent to an activating group) is 1. The fourth-order valence-corrected chi connectivity index (χ4v) is 2.00. The van der Waals surface area contributed by atoms with Crippen molar-refractivity contribution in [2.75, 3.05) is 20.7 Å². The molecule has 17 heavy (non-hydrogen) atoms. The molecule has 0 fully saturated rings. The number of rotatable bonds is 7. The van der Waals surface area contributed by atoms with Crippen molar-refractivity contribution in [1.82, 2.24) is 10.2 Å². The van der Waals surface area contributed by atoms with Gasteiger partial charge in [0.05, 0.1) is 7.11 Å². The average molecular weight is 244 g/mol. The number of nitrogens with one attached hydrogen (secondary N) is 1. The van der Waals surface area contributed by atoms with Gasteiger partial charge in [-0.15, -0.1) is 0 Å². The van der Waals surface area contributed by atoms with Gasteiger partial charge in [-0.1, -0.05) is 6.92 Å². The second-order valence-electron chi connectivity index (χ2n) is 5.30. The van der Waals surface area contributed by atoms with Crippen LogP contribution in [-0.2, 0) is 9.53 Å². The molecule has 1 N–H and O–H groups in total. The van der Waals surface area contributed by atoms with Crippen molar-refractivity contribution in [2.24, 2.45) is 0 Å². The molecule has 0 aliphatic rings. The Morgan fingerprint density at radius 2 is 1.94 bits per heavy atom. The van der Waals surface area contributed by atoms with Crippen LogP contribution in [0.2, 0.25) is 0 Å². The summed E-state index contributed by atoms with van der Waals surface area (Å²) in [5, 5.41) is 3.30. The lowest BCUT2D eigenvalue weighted by molar-refractivity contribution is -0.149. The SMILES string of the molecule is CCC(C)N(C)CC(C)(NC(C)C)C(=O)OC. The molecule has 102 valence electrons. The lowest BCUT2D eigenvalue weighted by Gasteiger charge is -2.36. The van der Waals surface area contributed by atoms with Crippen molar-refractivity contribution in [3.8, 4) is 0 Å². The van der Waals surface area contributed by atoms with Crippen molar-refractivity contribution in [1.29, 1.82) is 0 Å². The Morgan fingerprint density at radius 1 is 1.41 bits per heavy atom. The summed E-state index contributed by atoms with van der Waals surface area (Å²) in [4.78, 5) is 14.1. The summed E-state index contributed by atoms with van der Waals surface area (Å²) in [7, 11) is 3.48. The molecule has 2 unspecified atom stereocenters. The van der Waals surface area contributed by atoms with E-state index in [2.05, 4.69) is 24.1 Å². The van der Waals surface area contributed by atoms with Gasteiger partial charge in [0.2, 0.25) is 0 Å². The van der Waals surface area contributed by atoms with E-state index in [4.69, 9.17) is 4.74 Å². The highest BCUT2D eigenvalue weighted by Crippen LogP contribution is 2.12. The quantitative estimate of drug-likeness (QED) is 0.691. The zero-order valence-electron chi connectivity index (χ0n) is 12.3. The van der Waals surface area contributed by atoms with E-state index in [0.29, 0.717) is 12.6 Å². The highest BCUT2D eigenvalue weighted by atomic mass is 16.5. The van der Waals surface area contributed by atoms with Crippen LogP contribution in [0.4, 0.5) is 0 Å². The Balaban J connectivity index is 4.75. The lowest BCUT2D eigenvalue weighted by atomic mass is 9.99. The Bertz CT molecular complexity index is 244. The molecule has 0 spiro atoms. The maximum atomic E-state index is 11.9. The Kier molecular flexibility index (Phi) is 6.72. The first-order valence-electron chi connectivity index (χ1n) is 6.33. The van der Waals surface area contributed by atoms with E-state index in [9.17, 15) is 4.79 Å². The second-order valence-corrected chi connectivity index (χ2v) is 5.30. The Labute approximate surface area is 106 Å². The first kappa shape index (κ1) is 16.4. The molecule has 0 saturated carbocycles. The summed E-state index contributed by atoms with van der Waals surface area (Å²) in [5.41, 5.74) is -0.652. The highest BCUT2D eigenvalue weighted by molar-refractivity contribution is 5.80. The topological polar surface area (TPSA) is 41.6 Å². The highest BCUT2D eigenvalue weighted by Gasteiger charge is 2.36. The largest absolute Gasteiger partial charge is 0.468 e. The first-order chi connectivity index (χ1) is 7.76. The second kappa shape index (κ2) is 6.97. The van der Waals surface area contributed by atoms with Crippen molar-refractivity contribution in [2.45, 2.75) is 58.7 Å². The van der Waals surface area contributed by atoms with Gasteiger partial charge in [0.15, 0.2) is 0 Å². The van der Waals surface area contributed by atoms with Crippen LogP contribution in [0.3, 0.4) is 0 Å². The summed E-state index contributed by atoms with van der Waals surface area (Å²) in [6.07, 6.45) is 1.06. The molecular formula is C13H28N2O2. The van der Waals surface area contributed by atoms with Crippen LogP contribution >= 0.6 is 0 Å². The van der Waals surface area contributed by atoms with Crippen LogP contribution in [0.15, 0.2) is 0 Å². The Hall–Kier alpha value is -0.610. The predicted molar refractivity (Wildman–Crippen MR) is 71.1 cm³/mol. The van der Waals surface area contributed by atoms with E-state index in [1.807, 2.05) is 27.8 Å². The van der Waals surface area contributed by atoms with Gasteiger partial charge in [0, 0.05) is 18.6 Å². The molecule has 0 amide bonds. The number of ether oxygens (including phenoxy) is 1. The van der Waals surface area contributed by atoms with Gasteiger partial charge in [0.25, 0.3) is 0 Å². The lowest BCUT2D eigenvalue weighted by Crippen LogP contribution is -2.59. The third-order valence-electron chi connectivity index (χ3n) is 3.15. The monoisotopic (exact) mass is 244 g/mol. The van der Waals surface area contributed by atoms with Crippen LogP contribution in [-0.4, -0.2) is 49.2 Å². The number of hydrogen-bond acceptors (Lipinski definition) is 4. The standard InChI is InChI=1S/C13H28N2O2/c1-8-11(4)15(6)9-13(5,12(16)17-7)14-10(2)3/h10-11,14H,8-9H2,1-7H3. The zero-order valence-corrected chi connectivity index (χ0v) is 12.3. The summed E-state index contributed by atoms with van der Waals surface area (Å²) in [6, 6.07) is 0.692. The van der Waals surface area contributed by atoms with Crippen LogP contribution in [0.25, 0.3) is 0 Å². The van der Waals surface area contributed by atoms with Crippen LogP contribution in [0.1, 0.15) is 41.0 Å². The zero-order chi connectivity index (χ0) is 13.6. The number of methoxy groups -OCH3 is 1. The maximum Gasteiger partial charge on any atom is 0.327 e. The van der Waals surface area contributed by atoms with E-state index in [1.165, 1.54) is 7.11 Å². The van der Waals surface area contributed by atoms with Crippen molar-refractivity contribution < 1.29 is 9.53 Å². The molecule has 4 nitrogen and oxygen atoms in total. The Morgan fingerprint density at radius 3 is 2.29 bits per heavy atom. The number of nitrogens with zero attached hydrogens (tertiary/aromatic N) is 1. The van der Waals surface area contributed by atoms with Gasteiger partial charge in [-0.25, -0.2) is 0 Å². The molecule has 0 bridgehead atoms. The van der Waals surface area contributed by atoms with Crippen molar-refractivity contribution in [3.05, 3.63) is 0 Å². The number of hydrogen-bond donors (Lipinski definition) is 1. The number of esters is 1. The minimum Gasteiger partial charge on any atom is -0.468 e. The van der Waals surface area contributed by atoms with E-state index in [-0.39, 0.29) is 12.0 Å². The van der Waals surface area contributed by atoms with Gasteiger partial charge >= 0.3 is 5.97 Å². The third-order valence-corrected chi connectivity index (χ3v) is 3.15. The van der Waals surface area contributed by atoms with Gasteiger partial charge < -0.3 is 9.64 Å². The fraction of sp³-hybridized carbons (Fsp3) is 0.923. The summed E-state index contributed by atoms with van der Waals surface area (Å²) in [5.74, 6) is -0.207.